The number of benzene rings is 2. The number of para-hydroxylation sites is 1. The van der Waals surface area contributed by atoms with Gasteiger partial charge in [0, 0.05) is 5.56 Å². The number of hydrogen-bond donors (Lipinski definition) is 1. The largest absolute Gasteiger partial charge is 0.489 e. The van der Waals surface area contributed by atoms with Gasteiger partial charge in [0.1, 0.15) is 12.4 Å². The third kappa shape index (κ3) is 4.10. The van der Waals surface area contributed by atoms with Crippen molar-refractivity contribution in [2.45, 2.75) is 13.5 Å². The normalized spacial score (nSPS) is 10.1. The number of nitrogens with one attached hydrogen (secondary N) is 1. The predicted molar refractivity (Wildman–Crippen MR) is 76.3 cm³/mol. The summed E-state index contributed by atoms with van der Waals surface area (Å²) in [6.07, 6.45) is 0. The summed E-state index contributed by atoms with van der Waals surface area (Å²) in [6.45, 7) is 2.72. The lowest BCUT2D eigenvalue weighted by molar-refractivity contribution is 0.0364. The molecule has 0 aliphatic rings. The summed E-state index contributed by atoms with van der Waals surface area (Å²) in [4.78, 5) is 16.5. The standard InChI is InChI=1S/C16H17NO3/c1-2-20-17-16(18)14-10-8-13(9-11-14)12-19-15-6-4-3-5-7-15/h3-11H,2,12H2,1H3,(H,17,18). The average molecular weight is 271 g/mol. The lowest BCUT2D eigenvalue weighted by Gasteiger charge is -2.07. The molecule has 20 heavy (non-hydrogen) atoms. The van der Waals surface area contributed by atoms with Crippen LogP contribution in [0.25, 0.3) is 0 Å². The number of hydroxylamine groups is 1. The maximum absolute atomic E-state index is 11.6. The third-order valence-corrected chi connectivity index (χ3v) is 2.67. The van der Waals surface area contributed by atoms with Gasteiger partial charge < -0.3 is 4.74 Å². The average Bonchev–Trinajstić information content (AvgIpc) is 2.52. The van der Waals surface area contributed by atoms with Gasteiger partial charge in [-0.3, -0.25) is 9.63 Å². The summed E-state index contributed by atoms with van der Waals surface area (Å²) < 4.78 is 5.63. The summed E-state index contributed by atoms with van der Waals surface area (Å²) in [5, 5.41) is 0. The van der Waals surface area contributed by atoms with Gasteiger partial charge in [0.25, 0.3) is 5.91 Å². The smallest absolute Gasteiger partial charge is 0.274 e. The molecule has 0 saturated carbocycles. The molecular weight excluding hydrogens is 254 g/mol. The molecule has 4 heteroatoms. The summed E-state index contributed by atoms with van der Waals surface area (Å²) in [5.74, 6) is 0.577. The van der Waals surface area contributed by atoms with E-state index in [1.807, 2.05) is 49.4 Å². The molecule has 0 spiro atoms. The van der Waals surface area contributed by atoms with Crippen LogP contribution in [0, 0.1) is 0 Å². The second-order valence-electron chi connectivity index (χ2n) is 4.16. The van der Waals surface area contributed by atoms with E-state index in [0.29, 0.717) is 18.8 Å². The number of amides is 1. The van der Waals surface area contributed by atoms with Crippen molar-refractivity contribution >= 4 is 5.91 Å². The van der Waals surface area contributed by atoms with E-state index < -0.39 is 0 Å². The van der Waals surface area contributed by atoms with Crippen molar-refractivity contribution in [3.8, 4) is 5.75 Å². The second kappa shape index (κ2) is 7.31. The molecule has 0 aromatic heterocycles. The molecule has 0 heterocycles. The lowest BCUT2D eigenvalue weighted by Crippen LogP contribution is -2.23. The van der Waals surface area contributed by atoms with E-state index in [2.05, 4.69) is 5.48 Å². The van der Waals surface area contributed by atoms with Crippen LogP contribution >= 0.6 is 0 Å². The molecule has 0 fully saturated rings. The third-order valence-electron chi connectivity index (χ3n) is 2.67. The fraction of sp³-hybridized carbons (Fsp3) is 0.188. The summed E-state index contributed by atoms with van der Waals surface area (Å²) >= 11 is 0. The van der Waals surface area contributed by atoms with Crippen LogP contribution in [-0.2, 0) is 11.4 Å². The van der Waals surface area contributed by atoms with E-state index >= 15 is 0 Å². The Bertz CT molecular complexity index is 537. The fourth-order valence-electron chi connectivity index (χ4n) is 1.63. The van der Waals surface area contributed by atoms with Crippen LogP contribution in [0.5, 0.6) is 5.75 Å². The molecule has 1 N–H and O–H groups in total. The first-order valence-corrected chi connectivity index (χ1v) is 6.48. The monoisotopic (exact) mass is 271 g/mol. The van der Waals surface area contributed by atoms with Gasteiger partial charge in [0.15, 0.2) is 0 Å². The first-order chi connectivity index (χ1) is 9.79. The van der Waals surface area contributed by atoms with Gasteiger partial charge in [-0.2, -0.15) is 0 Å². The van der Waals surface area contributed by atoms with Gasteiger partial charge in [-0.1, -0.05) is 30.3 Å². The van der Waals surface area contributed by atoms with E-state index in [-0.39, 0.29) is 5.91 Å². The molecule has 0 saturated heterocycles. The molecule has 0 aliphatic heterocycles. The van der Waals surface area contributed by atoms with Crippen LogP contribution in [0.2, 0.25) is 0 Å². The van der Waals surface area contributed by atoms with Crippen LogP contribution in [0.1, 0.15) is 22.8 Å². The van der Waals surface area contributed by atoms with Gasteiger partial charge in [-0.05, 0) is 36.8 Å². The van der Waals surface area contributed by atoms with Gasteiger partial charge in [-0.25, -0.2) is 5.48 Å². The minimum Gasteiger partial charge on any atom is -0.489 e. The number of hydrogen-bond acceptors (Lipinski definition) is 3. The number of carbonyl (C=O) groups is 1. The number of ether oxygens (including phenoxy) is 1. The Balaban J connectivity index is 1.90. The molecule has 2 rings (SSSR count). The van der Waals surface area contributed by atoms with Crippen LogP contribution < -0.4 is 10.2 Å². The van der Waals surface area contributed by atoms with Crippen LogP contribution in [-0.4, -0.2) is 12.5 Å². The minimum absolute atomic E-state index is 0.248. The summed E-state index contributed by atoms with van der Waals surface area (Å²) in [7, 11) is 0. The molecule has 0 radical (unpaired) electrons. The van der Waals surface area contributed by atoms with Crippen LogP contribution in [0.3, 0.4) is 0 Å². The topological polar surface area (TPSA) is 47.6 Å². The number of carbonyl (C=O) groups excluding carboxylic acids is 1. The van der Waals surface area contributed by atoms with Crippen molar-refractivity contribution in [3.63, 3.8) is 0 Å². The zero-order chi connectivity index (χ0) is 14.2. The van der Waals surface area contributed by atoms with Crippen molar-refractivity contribution < 1.29 is 14.4 Å². The highest BCUT2D eigenvalue weighted by Gasteiger charge is 2.04. The van der Waals surface area contributed by atoms with Gasteiger partial charge in [0.05, 0.1) is 6.61 Å². The molecule has 1 amide bonds. The Morgan fingerprint density at radius 3 is 2.40 bits per heavy atom. The molecule has 0 unspecified atom stereocenters. The quantitative estimate of drug-likeness (QED) is 0.822. The molecule has 2 aromatic rings. The molecule has 0 bridgehead atoms. The Morgan fingerprint density at radius 2 is 1.75 bits per heavy atom. The maximum Gasteiger partial charge on any atom is 0.274 e. The zero-order valence-electron chi connectivity index (χ0n) is 11.3. The summed E-state index contributed by atoms with van der Waals surface area (Å²) in [5.41, 5.74) is 3.91. The molecular formula is C16H17NO3. The summed E-state index contributed by atoms with van der Waals surface area (Å²) in [6, 6.07) is 16.8. The van der Waals surface area contributed by atoms with E-state index in [0.717, 1.165) is 11.3 Å². The van der Waals surface area contributed by atoms with Gasteiger partial charge in [0.2, 0.25) is 0 Å². The molecule has 0 aliphatic carbocycles. The first kappa shape index (κ1) is 14.1. The van der Waals surface area contributed by atoms with Gasteiger partial charge in [-0.15, -0.1) is 0 Å². The van der Waals surface area contributed by atoms with Crippen molar-refractivity contribution in [1.29, 1.82) is 0 Å². The Hall–Kier alpha value is -2.33. The zero-order valence-corrected chi connectivity index (χ0v) is 11.3. The van der Waals surface area contributed by atoms with Crippen molar-refractivity contribution in [3.05, 3.63) is 65.7 Å². The predicted octanol–water partition coefficient (Wildman–Crippen LogP) is 2.95. The molecule has 4 nitrogen and oxygen atoms in total. The van der Waals surface area contributed by atoms with Crippen LogP contribution in [0.4, 0.5) is 0 Å². The van der Waals surface area contributed by atoms with E-state index in [9.17, 15) is 4.79 Å². The second-order valence-corrected chi connectivity index (χ2v) is 4.16. The van der Waals surface area contributed by atoms with E-state index in [1.54, 1.807) is 12.1 Å². The molecule has 0 atom stereocenters. The fourth-order valence-corrected chi connectivity index (χ4v) is 1.63. The highest BCUT2D eigenvalue weighted by molar-refractivity contribution is 5.93. The maximum atomic E-state index is 11.6. The van der Waals surface area contributed by atoms with E-state index in [4.69, 9.17) is 9.57 Å². The van der Waals surface area contributed by atoms with E-state index in [1.165, 1.54) is 0 Å². The van der Waals surface area contributed by atoms with Crippen molar-refractivity contribution in [1.82, 2.24) is 5.48 Å². The Labute approximate surface area is 118 Å². The van der Waals surface area contributed by atoms with Gasteiger partial charge >= 0.3 is 0 Å². The number of rotatable bonds is 6. The first-order valence-electron chi connectivity index (χ1n) is 6.48. The van der Waals surface area contributed by atoms with Crippen molar-refractivity contribution in [2.24, 2.45) is 0 Å². The molecule has 104 valence electrons. The Morgan fingerprint density at radius 1 is 1.05 bits per heavy atom. The highest BCUT2D eigenvalue weighted by Crippen LogP contribution is 2.12. The van der Waals surface area contributed by atoms with Crippen molar-refractivity contribution in [2.75, 3.05) is 6.61 Å². The Kier molecular flexibility index (Phi) is 5.15. The SMILES string of the molecule is CCONC(=O)c1ccc(COc2ccccc2)cc1. The molecule has 2 aromatic carbocycles. The minimum atomic E-state index is -0.248. The van der Waals surface area contributed by atoms with Crippen LogP contribution in [0.15, 0.2) is 54.6 Å². The highest BCUT2D eigenvalue weighted by atomic mass is 16.6. The lowest BCUT2D eigenvalue weighted by atomic mass is 10.1.